The van der Waals surface area contributed by atoms with Crippen molar-refractivity contribution in [3.8, 4) is 0 Å². The maximum Gasteiger partial charge on any atom is 0.330 e. The lowest BCUT2D eigenvalue weighted by atomic mass is 10.2. The Bertz CT molecular complexity index is 1520. The largest absolute Gasteiger partial charge is 0.383 e. The van der Waals surface area contributed by atoms with Crippen LogP contribution < -0.4 is 27.2 Å². The molecule has 0 radical (unpaired) electrons. The Morgan fingerprint density at radius 2 is 1.97 bits per heavy atom. The Morgan fingerprint density at radius 3 is 2.71 bits per heavy atom. The number of amides is 1. The first-order valence-corrected chi connectivity index (χ1v) is 13.4. The number of methoxy groups -OCH3 is 1. The molecule has 0 atom stereocenters. The molecule has 0 fully saturated rings. The number of aryl methyl sites for hydroxylation is 1. The summed E-state index contributed by atoms with van der Waals surface area (Å²) < 4.78 is 6.97. The molecule has 4 aromatic rings. The fourth-order valence-corrected chi connectivity index (χ4v) is 5.32. The second-order valence-electron chi connectivity index (χ2n) is 8.26. The number of aromatic amines is 1. The minimum Gasteiger partial charge on any atom is -0.383 e. The first-order valence-electron chi connectivity index (χ1n) is 11.6. The van der Waals surface area contributed by atoms with Gasteiger partial charge < -0.3 is 20.7 Å². The fourth-order valence-electron chi connectivity index (χ4n) is 3.67. The first-order chi connectivity index (χ1) is 18.4. The summed E-state index contributed by atoms with van der Waals surface area (Å²) >= 11 is 2.50. The van der Waals surface area contributed by atoms with Crippen LogP contribution in [0.15, 0.2) is 68.5 Å². The second-order valence-corrected chi connectivity index (χ2v) is 10.5. The Balaban J connectivity index is 1.53. The highest BCUT2D eigenvalue weighted by molar-refractivity contribution is 8.01. The monoisotopic (exact) mass is 553 g/mol. The smallest absolute Gasteiger partial charge is 0.330 e. The average Bonchev–Trinajstić information content (AvgIpc) is 3.34. The summed E-state index contributed by atoms with van der Waals surface area (Å²) in [5, 5.41) is 12.1. The minimum atomic E-state index is -0.744. The molecular formula is C25H27N7O4S2. The molecule has 0 bridgehead atoms. The van der Waals surface area contributed by atoms with E-state index < -0.39 is 17.2 Å². The van der Waals surface area contributed by atoms with Crippen LogP contribution in [0.25, 0.3) is 0 Å². The van der Waals surface area contributed by atoms with Crippen LogP contribution in [0.5, 0.6) is 0 Å². The maximum atomic E-state index is 13.3. The van der Waals surface area contributed by atoms with E-state index in [4.69, 9.17) is 10.5 Å². The van der Waals surface area contributed by atoms with Crippen LogP contribution in [0.3, 0.4) is 0 Å². The Labute approximate surface area is 226 Å². The molecule has 0 saturated carbocycles. The van der Waals surface area contributed by atoms with Gasteiger partial charge in [0.15, 0.2) is 10.0 Å². The molecule has 2 heterocycles. The highest BCUT2D eigenvalue weighted by Gasteiger charge is 2.25. The van der Waals surface area contributed by atoms with Gasteiger partial charge in [0, 0.05) is 19.3 Å². The van der Waals surface area contributed by atoms with Crippen molar-refractivity contribution < 1.29 is 9.53 Å². The number of hydrogen-bond donors (Lipinski definition) is 3. The van der Waals surface area contributed by atoms with Gasteiger partial charge in [-0.3, -0.25) is 19.1 Å². The SMILES string of the molecule is COCCN(C(=O)CSc1nnc(Nc2cccc(C)c2)s1)c1c(N)n(Cc2ccccc2)c(=O)[nH]c1=O. The average molecular weight is 554 g/mol. The van der Waals surface area contributed by atoms with E-state index in [1.54, 1.807) is 0 Å². The molecule has 0 saturated heterocycles. The van der Waals surface area contributed by atoms with Crippen LogP contribution >= 0.6 is 23.1 Å². The number of benzene rings is 2. The van der Waals surface area contributed by atoms with Crippen LogP contribution in [0.4, 0.5) is 22.3 Å². The maximum absolute atomic E-state index is 13.3. The third-order valence-electron chi connectivity index (χ3n) is 5.48. The van der Waals surface area contributed by atoms with E-state index in [9.17, 15) is 14.4 Å². The number of hydrogen-bond acceptors (Lipinski definition) is 10. The minimum absolute atomic E-state index is 0.0283. The lowest BCUT2D eigenvalue weighted by molar-refractivity contribution is -0.116. The third kappa shape index (κ3) is 6.68. The van der Waals surface area contributed by atoms with Crippen LogP contribution in [-0.4, -0.2) is 51.7 Å². The zero-order valence-electron chi connectivity index (χ0n) is 20.8. The van der Waals surface area contributed by atoms with Crippen molar-refractivity contribution in [1.29, 1.82) is 0 Å². The van der Waals surface area contributed by atoms with Gasteiger partial charge in [-0.05, 0) is 30.2 Å². The molecule has 0 spiro atoms. The van der Waals surface area contributed by atoms with E-state index in [-0.39, 0.29) is 37.0 Å². The molecule has 11 nitrogen and oxygen atoms in total. The van der Waals surface area contributed by atoms with Gasteiger partial charge in [-0.1, -0.05) is 65.6 Å². The topological polar surface area (TPSA) is 148 Å². The number of carbonyl (C=O) groups is 1. The molecule has 2 aromatic heterocycles. The van der Waals surface area contributed by atoms with Crippen molar-refractivity contribution in [2.45, 2.75) is 17.8 Å². The van der Waals surface area contributed by atoms with Crippen molar-refractivity contribution in [2.24, 2.45) is 0 Å². The molecule has 0 unspecified atom stereocenters. The predicted molar refractivity (Wildman–Crippen MR) is 151 cm³/mol. The molecule has 4 N–H and O–H groups in total. The molecule has 4 rings (SSSR count). The van der Waals surface area contributed by atoms with Gasteiger partial charge in [-0.25, -0.2) is 4.79 Å². The van der Waals surface area contributed by atoms with Crippen molar-refractivity contribution in [3.05, 3.63) is 86.6 Å². The number of thioether (sulfide) groups is 1. The van der Waals surface area contributed by atoms with Crippen LogP contribution in [0.1, 0.15) is 11.1 Å². The lowest BCUT2D eigenvalue weighted by Crippen LogP contribution is -2.43. The summed E-state index contributed by atoms with van der Waals surface area (Å²) in [6.45, 7) is 2.37. The molecule has 0 aliphatic heterocycles. The summed E-state index contributed by atoms with van der Waals surface area (Å²) in [4.78, 5) is 42.2. The van der Waals surface area contributed by atoms with Gasteiger partial charge in [0.05, 0.1) is 18.9 Å². The van der Waals surface area contributed by atoms with Gasteiger partial charge >= 0.3 is 5.69 Å². The number of anilines is 4. The molecule has 38 heavy (non-hydrogen) atoms. The number of rotatable bonds is 11. The number of H-pyrrole nitrogens is 1. The fraction of sp³-hybridized carbons (Fsp3) is 0.240. The molecule has 2 aromatic carbocycles. The van der Waals surface area contributed by atoms with Gasteiger partial charge in [-0.2, -0.15) is 0 Å². The van der Waals surface area contributed by atoms with E-state index in [0.29, 0.717) is 9.47 Å². The third-order valence-corrected chi connectivity index (χ3v) is 7.44. The van der Waals surface area contributed by atoms with E-state index in [0.717, 1.165) is 16.8 Å². The van der Waals surface area contributed by atoms with Gasteiger partial charge in [0.2, 0.25) is 11.0 Å². The van der Waals surface area contributed by atoms with Crippen LogP contribution in [0.2, 0.25) is 0 Å². The van der Waals surface area contributed by atoms with E-state index in [1.165, 1.54) is 39.7 Å². The Hall–Kier alpha value is -3.94. The highest BCUT2D eigenvalue weighted by Crippen LogP contribution is 2.29. The summed E-state index contributed by atoms with van der Waals surface area (Å²) in [6, 6.07) is 17.1. The number of nitrogens with two attached hydrogens (primary N) is 1. The molecule has 0 aliphatic carbocycles. The zero-order chi connectivity index (χ0) is 27.1. The number of nitrogen functional groups attached to an aromatic ring is 1. The van der Waals surface area contributed by atoms with E-state index in [2.05, 4.69) is 20.5 Å². The number of nitrogens with one attached hydrogen (secondary N) is 2. The molecule has 13 heteroatoms. The van der Waals surface area contributed by atoms with Crippen molar-refractivity contribution in [1.82, 2.24) is 19.7 Å². The molecule has 1 amide bonds. The molecular weight excluding hydrogens is 526 g/mol. The number of carbonyl (C=O) groups excluding carboxylic acids is 1. The van der Waals surface area contributed by atoms with Crippen molar-refractivity contribution in [2.75, 3.05) is 42.0 Å². The van der Waals surface area contributed by atoms with Gasteiger partial charge in [0.1, 0.15) is 5.82 Å². The summed E-state index contributed by atoms with van der Waals surface area (Å²) in [6.07, 6.45) is 0. The van der Waals surface area contributed by atoms with Gasteiger partial charge in [0.25, 0.3) is 5.56 Å². The number of ether oxygens (including phenoxy) is 1. The van der Waals surface area contributed by atoms with E-state index >= 15 is 0 Å². The van der Waals surface area contributed by atoms with Crippen molar-refractivity contribution >= 4 is 51.3 Å². The van der Waals surface area contributed by atoms with Crippen LogP contribution in [0, 0.1) is 6.92 Å². The highest BCUT2D eigenvalue weighted by atomic mass is 32.2. The number of aromatic nitrogens is 4. The summed E-state index contributed by atoms with van der Waals surface area (Å²) in [5.74, 6) is -0.519. The van der Waals surface area contributed by atoms with Gasteiger partial charge in [-0.15, -0.1) is 10.2 Å². The lowest BCUT2D eigenvalue weighted by Gasteiger charge is -2.24. The Morgan fingerprint density at radius 1 is 1.18 bits per heavy atom. The number of nitrogens with zero attached hydrogens (tertiary/aromatic N) is 4. The second kappa shape index (κ2) is 12.5. The normalized spacial score (nSPS) is 10.9. The van der Waals surface area contributed by atoms with Crippen LogP contribution in [-0.2, 0) is 16.1 Å². The predicted octanol–water partition coefficient (Wildman–Crippen LogP) is 2.84. The summed E-state index contributed by atoms with van der Waals surface area (Å²) in [7, 11) is 1.49. The Kier molecular flexibility index (Phi) is 8.94. The van der Waals surface area contributed by atoms with E-state index in [1.807, 2.05) is 61.5 Å². The standard InChI is InChI=1S/C25H27N7O4S2/c1-16-7-6-10-18(13-16)27-23-29-30-25(38-23)37-15-19(33)31(11-12-36-2)20-21(26)32(24(35)28-22(20)34)14-17-8-4-3-5-9-17/h3-10,13H,11-12,14-15,26H2,1-2H3,(H,27,29)(H,28,34,35). The first kappa shape index (κ1) is 27.1. The molecule has 0 aliphatic rings. The molecule has 198 valence electrons. The van der Waals surface area contributed by atoms with Crippen molar-refractivity contribution in [3.63, 3.8) is 0 Å². The zero-order valence-corrected chi connectivity index (χ0v) is 22.5. The quantitative estimate of drug-likeness (QED) is 0.238. The summed E-state index contributed by atoms with van der Waals surface area (Å²) in [5.41, 5.74) is 7.63.